The Morgan fingerprint density at radius 3 is 2.69 bits per heavy atom. The Morgan fingerprint density at radius 2 is 2.00 bits per heavy atom. The zero-order chi connectivity index (χ0) is 19.8. The molecule has 2 N–H and O–H groups in total. The third-order valence-corrected chi connectivity index (χ3v) is 6.35. The summed E-state index contributed by atoms with van der Waals surface area (Å²) in [5.74, 6) is 1.37. The van der Waals surface area contributed by atoms with Crippen molar-refractivity contribution in [3.8, 4) is 11.4 Å². The molecule has 7 heteroatoms. The van der Waals surface area contributed by atoms with Crippen molar-refractivity contribution in [3.63, 3.8) is 0 Å². The van der Waals surface area contributed by atoms with Crippen molar-refractivity contribution in [2.24, 2.45) is 11.1 Å². The van der Waals surface area contributed by atoms with Gasteiger partial charge in [-0.25, -0.2) is 0 Å². The fraction of sp³-hybridized carbons (Fsp3) is 0.364. The lowest BCUT2D eigenvalue weighted by Gasteiger charge is -2.32. The van der Waals surface area contributed by atoms with Crippen LogP contribution in [0.2, 0.25) is 0 Å². The molecule has 148 valence electrons. The Hall–Kier alpha value is -3.06. The minimum Gasteiger partial charge on any atom is -0.366 e. The van der Waals surface area contributed by atoms with Crippen molar-refractivity contribution in [2.45, 2.75) is 31.7 Å². The van der Waals surface area contributed by atoms with Gasteiger partial charge in [-0.3, -0.25) is 14.7 Å². The number of nitrogens with zero attached hydrogens (tertiary/aromatic N) is 4. The molecule has 1 aliphatic carbocycles. The largest absolute Gasteiger partial charge is 0.366 e. The third-order valence-electron chi connectivity index (χ3n) is 6.35. The second kappa shape index (κ2) is 7.08. The highest BCUT2D eigenvalue weighted by Gasteiger charge is 2.58. The van der Waals surface area contributed by atoms with E-state index in [1.165, 1.54) is 5.56 Å². The van der Waals surface area contributed by atoms with Crippen LogP contribution in [0.25, 0.3) is 11.4 Å². The van der Waals surface area contributed by atoms with Gasteiger partial charge in [0.2, 0.25) is 17.6 Å². The van der Waals surface area contributed by atoms with Crippen LogP contribution in [0.15, 0.2) is 53.3 Å². The highest BCUT2D eigenvalue weighted by Crippen LogP contribution is 2.64. The molecule has 1 amide bonds. The Balaban J connectivity index is 1.18. The molecule has 1 aromatic carbocycles. The molecular weight excluding hydrogens is 366 g/mol. The van der Waals surface area contributed by atoms with Crippen molar-refractivity contribution in [1.82, 2.24) is 20.0 Å². The maximum atomic E-state index is 11.2. The third kappa shape index (κ3) is 3.53. The quantitative estimate of drug-likeness (QED) is 0.720. The van der Waals surface area contributed by atoms with Crippen LogP contribution in [-0.4, -0.2) is 39.0 Å². The van der Waals surface area contributed by atoms with Crippen molar-refractivity contribution < 1.29 is 9.32 Å². The summed E-state index contributed by atoms with van der Waals surface area (Å²) in [5.41, 5.74) is 8.26. The number of rotatable bonds is 5. The Kier molecular flexibility index (Phi) is 4.39. The Morgan fingerprint density at radius 1 is 1.21 bits per heavy atom. The molecule has 5 rings (SSSR count). The number of benzene rings is 1. The molecular formula is C22H23N5O2. The Bertz CT molecular complexity index is 1010. The van der Waals surface area contributed by atoms with E-state index in [9.17, 15) is 4.79 Å². The van der Waals surface area contributed by atoms with Gasteiger partial charge in [0.05, 0.1) is 0 Å². The predicted molar refractivity (Wildman–Crippen MR) is 107 cm³/mol. The summed E-state index contributed by atoms with van der Waals surface area (Å²) in [7, 11) is 0. The average Bonchev–Trinajstić information content (AvgIpc) is 3.22. The topological polar surface area (TPSA) is 98.1 Å². The molecule has 1 atom stereocenters. The van der Waals surface area contributed by atoms with Gasteiger partial charge in [-0.2, -0.15) is 4.98 Å². The number of piperidine rings is 1. The summed E-state index contributed by atoms with van der Waals surface area (Å²) in [6, 6.07) is 11.4. The average molecular weight is 389 g/mol. The lowest BCUT2D eigenvalue weighted by Crippen LogP contribution is -2.34. The maximum absolute atomic E-state index is 11.2. The summed E-state index contributed by atoms with van der Waals surface area (Å²) in [4.78, 5) is 22.4. The Labute approximate surface area is 168 Å². The van der Waals surface area contributed by atoms with Crippen LogP contribution in [-0.2, 0) is 6.54 Å². The number of primary amides is 1. The van der Waals surface area contributed by atoms with Crippen LogP contribution in [0, 0.1) is 5.41 Å². The van der Waals surface area contributed by atoms with Gasteiger partial charge in [0.15, 0.2) is 0 Å². The molecule has 2 aromatic heterocycles. The first-order valence-electron chi connectivity index (χ1n) is 9.98. The summed E-state index contributed by atoms with van der Waals surface area (Å²) >= 11 is 0. The van der Waals surface area contributed by atoms with E-state index in [0.717, 1.165) is 50.4 Å². The van der Waals surface area contributed by atoms with Crippen molar-refractivity contribution in [3.05, 3.63) is 65.8 Å². The van der Waals surface area contributed by atoms with Crippen LogP contribution >= 0.6 is 0 Å². The number of pyridine rings is 1. The lowest BCUT2D eigenvalue weighted by atomic mass is 9.90. The molecule has 1 aliphatic heterocycles. The van der Waals surface area contributed by atoms with Gasteiger partial charge in [-0.05, 0) is 67.6 Å². The molecule has 3 aromatic rings. The molecule has 2 fully saturated rings. The first-order valence-corrected chi connectivity index (χ1v) is 9.98. The first kappa shape index (κ1) is 18.0. The van der Waals surface area contributed by atoms with Gasteiger partial charge in [0.25, 0.3) is 0 Å². The summed E-state index contributed by atoms with van der Waals surface area (Å²) in [6.45, 7) is 3.00. The SMILES string of the molecule is NC(=O)c1ccc(CN2CCC3(CC2)CC3c2nc(-c3cccnc3)no2)cc1. The van der Waals surface area contributed by atoms with Gasteiger partial charge >= 0.3 is 0 Å². The number of nitrogens with two attached hydrogens (primary N) is 1. The predicted octanol–water partition coefficient (Wildman–Crippen LogP) is 3.00. The van der Waals surface area contributed by atoms with Crippen LogP contribution in [0.5, 0.6) is 0 Å². The molecule has 1 saturated heterocycles. The number of carbonyl (C=O) groups excluding carboxylic acids is 1. The van der Waals surface area contributed by atoms with E-state index in [0.29, 0.717) is 22.7 Å². The van der Waals surface area contributed by atoms with Crippen molar-refractivity contribution >= 4 is 5.91 Å². The van der Waals surface area contributed by atoms with E-state index < -0.39 is 0 Å². The number of amides is 1. The molecule has 7 nitrogen and oxygen atoms in total. The number of hydrogen-bond acceptors (Lipinski definition) is 6. The monoisotopic (exact) mass is 389 g/mol. The van der Waals surface area contributed by atoms with Crippen LogP contribution in [0.3, 0.4) is 0 Å². The summed E-state index contributed by atoms with van der Waals surface area (Å²) in [6.07, 6.45) is 6.90. The van der Waals surface area contributed by atoms with E-state index in [2.05, 4.69) is 20.0 Å². The summed E-state index contributed by atoms with van der Waals surface area (Å²) in [5, 5.41) is 4.15. The van der Waals surface area contributed by atoms with Gasteiger partial charge < -0.3 is 10.3 Å². The van der Waals surface area contributed by atoms with E-state index in [1.54, 1.807) is 24.5 Å². The van der Waals surface area contributed by atoms with Crippen molar-refractivity contribution in [2.75, 3.05) is 13.1 Å². The second-order valence-corrected chi connectivity index (χ2v) is 8.15. The fourth-order valence-electron chi connectivity index (χ4n) is 4.43. The van der Waals surface area contributed by atoms with E-state index in [4.69, 9.17) is 10.3 Å². The van der Waals surface area contributed by atoms with Gasteiger partial charge in [-0.15, -0.1) is 0 Å². The number of likely N-dealkylation sites (tertiary alicyclic amines) is 1. The number of aromatic nitrogens is 3. The van der Waals surface area contributed by atoms with Crippen LogP contribution < -0.4 is 5.73 Å². The maximum Gasteiger partial charge on any atom is 0.248 e. The van der Waals surface area contributed by atoms with E-state index in [1.807, 2.05) is 24.3 Å². The second-order valence-electron chi connectivity index (χ2n) is 8.15. The minimum atomic E-state index is -0.385. The standard InChI is InChI=1S/C22H23N5O2/c23-19(28)16-5-3-15(4-6-16)14-27-10-7-22(8-11-27)12-18(22)21-25-20(26-29-21)17-2-1-9-24-13-17/h1-6,9,13,18H,7-8,10-12,14H2,(H2,23,28). The van der Waals surface area contributed by atoms with E-state index >= 15 is 0 Å². The normalized spacial score (nSPS) is 20.6. The van der Waals surface area contributed by atoms with Gasteiger partial charge in [-0.1, -0.05) is 17.3 Å². The fourth-order valence-corrected chi connectivity index (χ4v) is 4.43. The minimum absolute atomic E-state index is 0.311. The highest BCUT2D eigenvalue weighted by atomic mass is 16.5. The molecule has 1 unspecified atom stereocenters. The first-order chi connectivity index (χ1) is 14.1. The number of hydrogen-bond donors (Lipinski definition) is 1. The molecule has 1 spiro atoms. The highest BCUT2D eigenvalue weighted by molar-refractivity contribution is 5.92. The van der Waals surface area contributed by atoms with Gasteiger partial charge in [0, 0.05) is 36.0 Å². The van der Waals surface area contributed by atoms with Crippen LogP contribution in [0.4, 0.5) is 0 Å². The number of carbonyl (C=O) groups is 1. The zero-order valence-corrected chi connectivity index (χ0v) is 16.1. The van der Waals surface area contributed by atoms with Gasteiger partial charge in [0.1, 0.15) is 0 Å². The zero-order valence-electron chi connectivity index (χ0n) is 16.1. The smallest absolute Gasteiger partial charge is 0.248 e. The van der Waals surface area contributed by atoms with Crippen molar-refractivity contribution in [1.29, 1.82) is 0 Å². The molecule has 1 saturated carbocycles. The molecule has 0 bridgehead atoms. The molecule has 0 radical (unpaired) electrons. The van der Waals surface area contributed by atoms with E-state index in [-0.39, 0.29) is 5.91 Å². The molecule has 29 heavy (non-hydrogen) atoms. The lowest BCUT2D eigenvalue weighted by molar-refractivity contribution is 0.1000. The molecule has 3 heterocycles. The summed E-state index contributed by atoms with van der Waals surface area (Å²) < 4.78 is 5.58. The van der Waals surface area contributed by atoms with Crippen LogP contribution in [0.1, 0.15) is 47.0 Å². The molecule has 2 aliphatic rings.